The molecule has 1 aliphatic heterocycles. The molecule has 0 atom stereocenters. The van der Waals surface area contributed by atoms with Gasteiger partial charge in [0.25, 0.3) is 0 Å². The van der Waals surface area contributed by atoms with Crippen molar-refractivity contribution in [3.8, 4) is 11.3 Å². The highest BCUT2D eigenvalue weighted by Crippen LogP contribution is 2.35. The topological polar surface area (TPSA) is 66.4 Å². The van der Waals surface area contributed by atoms with Crippen molar-refractivity contribution in [3.63, 3.8) is 0 Å². The summed E-state index contributed by atoms with van der Waals surface area (Å²) in [4.78, 5) is 1.15. The lowest BCUT2D eigenvalue weighted by atomic mass is 10.1. The third kappa shape index (κ3) is 4.59. The highest BCUT2D eigenvalue weighted by molar-refractivity contribution is 7.89. The number of aromatic nitrogens is 2. The summed E-state index contributed by atoms with van der Waals surface area (Å²) in [5, 5.41) is 10.9. The minimum absolute atomic E-state index is 0.0443. The quantitative estimate of drug-likeness (QED) is 0.403. The standard InChI is InChI=1S/C25H21F3N4O2S/c26-25(27,28)21-7-3-4-8-23(21)35(33,34)32-15-13-31(14-16-32)24-12-11-22(29-30-24)20-10-9-18-5-1-2-6-19(18)17-20/h1-12,17H,13-16H2. The van der Waals surface area contributed by atoms with Crippen molar-refractivity contribution in [1.29, 1.82) is 0 Å². The largest absolute Gasteiger partial charge is 0.417 e. The molecule has 4 aromatic rings. The van der Waals surface area contributed by atoms with E-state index in [0.29, 0.717) is 11.5 Å². The minimum Gasteiger partial charge on any atom is -0.352 e. The summed E-state index contributed by atoms with van der Waals surface area (Å²) in [6.07, 6.45) is -4.76. The molecule has 0 spiro atoms. The Bertz CT molecular complexity index is 1470. The highest BCUT2D eigenvalue weighted by atomic mass is 32.2. The molecule has 2 heterocycles. The van der Waals surface area contributed by atoms with Crippen LogP contribution in [0.4, 0.5) is 19.0 Å². The first-order valence-corrected chi connectivity index (χ1v) is 12.4. The molecule has 1 aromatic heterocycles. The maximum absolute atomic E-state index is 13.4. The van der Waals surface area contributed by atoms with Crippen molar-refractivity contribution < 1.29 is 21.6 Å². The molecule has 6 nitrogen and oxygen atoms in total. The summed E-state index contributed by atoms with van der Waals surface area (Å²) in [7, 11) is -4.29. The number of anilines is 1. The van der Waals surface area contributed by atoms with Crippen LogP contribution in [-0.2, 0) is 16.2 Å². The van der Waals surface area contributed by atoms with E-state index in [1.165, 1.54) is 12.1 Å². The van der Waals surface area contributed by atoms with Gasteiger partial charge in [0.15, 0.2) is 5.82 Å². The second-order valence-electron chi connectivity index (χ2n) is 8.22. The average Bonchev–Trinajstić information content (AvgIpc) is 2.88. The van der Waals surface area contributed by atoms with E-state index in [-0.39, 0.29) is 26.2 Å². The lowest BCUT2D eigenvalue weighted by Crippen LogP contribution is -2.49. The normalized spacial score (nSPS) is 15.5. The fourth-order valence-electron chi connectivity index (χ4n) is 4.22. The van der Waals surface area contributed by atoms with Gasteiger partial charge < -0.3 is 4.90 Å². The van der Waals surface area contributed by atoms with E-state index in [9.17, 15) is 21.6 Å². The molecule has 0 amide bonds. The molecule has 1 saturated heterocycles. The van der Waals surface area contributed by atoms with Crippen LogP contribution in [-0.4, -0.2) is 49.1 Å². The SMILES string of the molecule is O=S(=O)(c1ccccc1C(F)(F)F)N1CCN(c2ccc(-c3ccc4ccccc4c3)nn2)CC1. The zero-order valence-corrected chi connectivity index (χ0v) is 19.3. The Morgan fingerprint density at radius 3 is 2.11 bits per heavy atom. The molecule has 10 heteroatoms. The maximum atomic E-state index is 13.4. The van der Waals surface area contributed by atoms with Crippen molar-refractivity contribution in [1.82, 2.24) is 14.5 Å². The van der Waals surface area contributed by atoms with E-state index >= 15 is 0 Å². The Labute approximate surface area is 200 Å². The van der Waals surface area contributed by atoms with Crippen LogP contribution < -0.4 is 4.90 Å². The van der Waals surface area contributed by atoms with Crippen LogP contribution in [0.1, 0.15) is 5.56 Å². The van der Waals surface area contributed by atoms with Crippen molar-refractivity contribution >= 4 is 26.6 Å². The van der Waals surface area contributed by atoms with Crippen LogP contribution in [0.15, 0.2) is 83.8 Å². The number of alkyl halides is 3. The monoisotopic (exact) mass is 498 g/mol. The lowest BCUT2D eigenvalue weighted by Gasteiger charge is -2.34. The van der Waals surface area contributed by atoms with Gasteiger partial charge in [-0.3, -0.25) is 0 Å². The molecular weight excluding hydrogens is 477 g/mol. The van der Waals surface area contributed by atoms with Gasteiger partial charge in [0.1, 0.15) is 0 Å². The summed E-state index contributed by atoms with van der Waals surface area (Å²) in [6.45, 7) is 0.667. The second-order valence-corrected chi connectivity index (χ2v) is 10.1. The number of nitrogens with zero attached hydrogens (tertiary/aromatic N) is 4. The summed E-state index contributed by atoms with van der Waals surface area (Å²) < 4.78 is 67.1. The number of sulfonamides is 1. The third-order valence-electron chi connectivity index (χ3n) is 6.07. The number of fused-ring (bicyclic) bond motifs is 1. The van der Waals surface area contributed by atoms with Gasteiger partial charge in [-0.05, 0) is 41.1 Å². The molecule has 3 aromatic carbocycles. The van der Waals surface area contributed by atoms with E-state index in [2.05, 4.69) is 10.2 Å². The van der Waals surface area contributed by atoms with E-state index in [0.717, 1.165) is 32.8 Å². The zero-order chi connectivity index (χ0) is 24.6. The van der Waals surface area contributed by atoms with E-state index in [1.54, 1.807) is 0 Å². The van der Waals surface area contributed by atoms with Gasteiger partial charge in [-0.15, -0.1) is 10.2 Å². The first kappa shape index (κ1) is 23.3. The summed E-state index contributed by atoms with van der Waals surface area (Å²) in [5.41, 5.74) is 0.490. The van der Waals surface area contributed by atoms with Crippen molar-refractivity contribution in [3.05, 3.63) is 84.4 Å². The van der Waals surface area contributed by atoms with E-state index < -0.39 is 26.7 Å². The van der Waals surface area contributed by atoms with E-state index in [1.807, 2.05) is 59.5 Å². The Hall–Kier alpha value is -3.50. The first-order valence-electron chi connectivity index (χ1n) is 11.0. The van der Waals surface area contributed by atoms with Crippen LogP contribution >= 0.6 is 0 Å². The van der Waals surface area contributed by atoms with E-state index in [4.69, 9.17) is 0 Å². The minimum atomic E-state index is -4.76. The Balaban J connectivity index is 1.30. The molecule has 180 valence electrons. The lowest BCUT2D eigenvalue weighted by molar-refractivity contribution is -0.139. The number of halogens is 3. The predicted octanol–water partition coefficient (Wildman–Crippen LogP) is 4.83. The number of benzene rings is 3. The van der Waals surface area contributed by atoms with Crippen LogP contribution in [0.25, 0.3) is 22.0 Å². The Morgan fingerprint density at radius 2 is 1.43 bits per heavy atom. The Morgan fingerprint density at radius 1 is 0.743 bits per heavy atom. The van der Waals surface area contributed by atoms with Gasteiger partial charge in [0, 0.05) is 31.7 Å². The Kier molecular flexibility index (Phi) is 5.94. The van der Waals surface area contributed by atoms with Crippen molar-refractivity contribution in [2.45, 2.75) is 11.1 Å². The zero-order valence-electron chi connectivity index (χ0n) is 18.5. The fourth-order valence-corrected chi connectivity index (χ4v) is 5.85. The average molecular weight is 499 g/mol. The number of rotatable bonds is 4. The molecule has 35 heavy (non-hydrogen) atoms. The molecular formula is C25H21F3N4O2S. The van der Waals surface area contributed by atoms with Crippen LogP contribution in [0.5, 0.6) is 0 Å². The first-order chi connectivity index (χ1) is 16.7. The van der Waals surface area contributed by atoms with Gasteiger partial charge >= 0.3 is 6.18 Å². The summed E-state index contributed by atoms with van der Waals surface area (Å²) in [6, 6.07) is 22.0. The number of hydrogen-bond acceptors (Lipinski definition) is 5. The fraction of sp³-hybridized carbons (Fsp3) is 0.200. The summed E-state index contributed by atoms with van der Waals surface area (Å²) in [5.74, 6) is 0.585. The molecule has 5 rings (SSSR count). The molecule has 0 saturated carbocycles. The van der Waals surface area contributed by atoms with Gasteiger partial charge in [-0.25, -0.2) is 8.42 Å². The second kappa shape index (κ2) is 8.94. The van der Waals surface area contributed by atoms with Gasteiger partial charge in [0.2, 0.25) is 10.0 Å². The van der Waals surface area contributed by atoms with Crippen molar-refractivity contribution in [2.24, 2.45) is 0 Å². The molecule has 0 aliphatic carbocycles. The van der Waals surface area contributed by atoms with Gasteiger partial charge in [-0.2, -0.15) is 17.5 Å². The smallest absolute Gasteiger partial charge is 0.352 e. The van der Waals surface area contributed by atoms with Crippen LogP contribution in [0.2, 0.25) is 0 Å². The van der Waals surface area contributed by atoms with Crippen molar-refractivity contribution in [2.75, 3.05) is 31.1 Å². The third-order valence-corrected chi connectivity index (χ3v) is 8.03. The highest BCUT2D eigenvalue weighted by Gasteiger charge is 2.39. The molecule has 1 aliphatic rings. The number of hydrogen-bond donors (Lipinski definition) is 0. The van der Waals surface area contributed by atoms with Gasteiger partial charge in [0.05, 0.1) is 16.2 Å². The summed E-state index contributed by atoms with van der Waals surface area (Å²) >= 11 is 0. The molecule has 0 radical (unpaired) electrons. The van der Waals surface area contributed by atoms with Crippen LogP contribution in [0, 0.1) is 0 Å². The number of piperazine rings is 1. The molecule has 0 bridgehead atoms. The molecule has 0 N–H and O–H groups in total. The maximum Gasteiger partial charge on any atom is 0.417 e. The van der Waals surface area contributed by atoms with Crippen LogP contribution in [0.3, 0.4) is 0 Å². The molecule has 0 unspecified atom stereocenters. The van der Waals surface area contributed by atoms with Gasteiger partial charge in [-0.1, -0.05) is 48.5 Å². The molecule has 1 fully saturated rings. The predicted molar refractivity (Wildman–Crippen MR) is 127 cm³/mol.